The predicted octanol–water partition coefficient (Wildman–Crippen LogP) is 2.81. The van der Waals surface area contributed by atoms with E-state index in [4.69, 9.17) is 7.85 Å². The van der Waals surface area contributed by atoms with Crippen LogP contribution in [0.3, 0.4) is 0 Å². The van der Waals surface area contributed by atoms with Crippen molar-refractivity contribution < 1.29 is 8.60 Å². The van der Waals surface area contributed by atoms with Gasteiger partial charge in [-0.2, -0.15) is 0 Å². The van der Waals surface area contributed by atoms with E-state index in [2.05, 4.69) is 20.8 Å². The molecule has 0 bridgehead atoms. The fraction of sp³-hybridized carbons (Fsp3) is 1.00. The van der Waals surface area contributed by atoms with Gasteiger partial charge in [-0.1, -0.05) is 33.6 Å². The van der Waals surface area contributed by atoms with Gasteiger partial charge in [0.05, 0.1) is 6.07 Å². The molecule has 0 saturated heterocycles. The second-order valence-corrected chi connectivity index (χ2v) is 6.39. The molecule has 2 unspecified atom stereocenters. The Kier molecular flexibility index (Phi) is 7.50. The molecule has 0 saturated carbocycles. The van der Waals surface area contributed by atoms with Crippen LogP contribution in [-0.2, 0) is 10.8 Å². The summed E-state index contributed by atoms with van der Waals surface area (Å²) in [5.41, 5.74) is 0.154. The molecule has 0 heterocycles. The molecule has 0 aromatic rings. The largest absolute Gasteiger partial charge is 0.260 e. The van der Waals surface area contributed by atoms with Crippen molar-refractivity contribution in [3.63, 3.8) is 0 Å². The highest BCUT2D eigenvalue weighted by Gasteiger charge is 2.18. The molecule has 0 aliphatic rings. The van der Waals surface area contributed by atoms with Crippen LogP contribution < -0.4 is 0 Å². The number of hydrogen-bond donors (Lipinski definition) is 0. The molecule has 1 nitrogen and oxygen atoms in total. The smallest absolute Gasteiger partial charge is 0.116 e. The van der Waals surface area contributed by atoms with Crippen molar-refractivity contribution in [1.29, 1.82) is 0 Å². The second-order valence-electron chi connectivity index (χ2n) is 4.82. The van der Waals surface area contributed by atoms with E-state index >= 15 is 0 Å². The average Bonchev–Trinajstić information content (AvgIpc) is 2.11. The van der Waals surface area contributed by atoms with E-state index in [1.54, 1.807) is 0 Å². The monoisotopic (exact) mass is 232 g/mol. The highest BCUT2D eigenvalue weighted by atomic mass is 32.2. The van der Waals surface area contributed by atoms with E-state index in [1.165, 1.54) is 0 Å². The Bertz CT molecular complexity index is 195. The van der Waals surface area contributed by atoms with Gasteiger partial charge in [-0.05, 0) is 18.3 Å². The van der Waals surface area contributed by atoms with Gasteiger partial charge in [-0.15, -0.1) is 0 Å². The van der Waals surface area contributed by atoms with Crippen LogP contribution in [0.25, 0.3) is 0 Å². The van der Waals surface area contributed by atoms with Crippen LogP contribution in [0, 0.1) is 5.41 Å². The molecule has 0 aromatic heterocycles. The third kappa shape index (κ3) is 9.10. The van der Waals surface area contributed by atoms with Gasteiger partial charge < -0.3 is 0 Å². The highest BCUT2D eigenvalue weighted by molar-refractivity contribution is 7.85. The summed E-state index contributed by atoms with van der Waals surface area (Å²) in [6.45, 7) is 6.37. The van der Waals surface area contributed by atoms with E-state index < -0.39 is 16.9 Å². The summed E-state index contributed by atoms with van der Waals surface area (Å²) in [5.74, 6) is 1.42. The molecule has 0 aliphatic heterocycles. The molecule has 0 aliphatic carbocycles. The minimum Gasteiger partial charge on any atom is -0.260 e. The van der Waals surface area contributed by atoms with Crippen LogP contribution in [0.4, 0.5) is 4.39 Å². The van der Waals surface area contributed by atoms with Crippen LogP contribution in [0.5, 0.6) is 0 Å². The molecule has 0 aromatic carbocycles. The molecule has 0 amide bonds. The molecule has 4 heteroatoms. The SMILES string of the molecule is [B]C(F)CCCCS(=O)CC(C)(C)CC. The number of unbranched alkanes of at least 4 members (excludes halogenated alkanes) is 1. The summed E-state index contributed by atoms with van der Waals surface area (Å²) in [5, 5.41) is 0. The minimum atomic E-state index is -1.22. The zero-order chi connectivity index (χ0) is 11.9. The number of rotatable bonds is 8. The van der Waals surface area contributed by atoms with Crippen molar-refractivity contribution >= 4 is 18.6 Å². The van der Waals surface area contributed by atoms with Gasteiger partial charge in [-0.25, -0.2) is 0 Å². The maximum Gasteiger partial charge on any atom is 0.116 e. The molecule has 2 atom stereocenters. The number of halogens is 1. The zero-order valence-corrected chi connectivity index (χ0v) is 10.9. The van der Waals surface area contributed by atoms with Gasteiger partial charge in [0, 0.05) is 22.3 Å². The maximum atomic E-state index is 12.3. The molecule has 0 N–H and O–H groups in total. The Morgan fingerprint density at radius 1 is 1.40 bits per heavy atom. The van der Waals surface area contributed by atoms with Gasteiger partial charge in [0.1, 0.15) is 7.85 Å². The zero-order valence-electron chi connectivity index (χ0n) is 10.1. The summed E-state index contributed by atoms with van der Waals surface area (Å²) in [6, 6.07) is 0. The third-order valence-electron chi connectivity index (χ3n) is 2.61. The van der Waals surface area contributed by atoms with E-state index in [0.29, 0.717) is 12.2 Å². The number of alkyl halides is 1. The van der Waals surface area contributed by atoms with Crippen molar-refractivity contribution in [2.24, 2.45) is 5.41 Å². The average molecular weight is 232 g/mol. The Morgan fingerprint density at radius 3 is 2.47 bits per heavy atom. The standard InChI is InChI=1S/C11H22BFOS/c1-4-11(2,3)9-15(14)8-6-5-7-10(12)13/h10H,4-9H2,1-3H3. The first-order chi connectivity index (χ1) is 6.87. The molecule has 88 valence electrons. The topological polar surface area (TPSA) is 17.1 Å². The van der Waals surface area contributed by atoms with Crippen molar-refractivity contribution in [2.45, 2.75) is 52.5 Å². The lowest BCUT2D eigenvalue weighted by molar-refractivity contribution is 0.401. The van der Waals surface area contributed by atoms with E-state index in [-0.39, 0.29) is 5.41 Å². The lowest BCUT2D eigenvalue weighted by Gasteiger charge is -2.21. The van der Waals surface area contributed by atoms with Gasteiger partial charge in [0.15, 0.2) is 0 Å². The van der Waals surface area contributed by atoms with Crippen LogP contribution in [0.2, 0.25) is 0 Å². The van der Waals surface area contributed by atoms with Gasteiger partial charge >= 0.3 is 0 Å². The quantitative estimate of drug-likeness (QED) is 0.464. The molecule has 15 heavy (non-hydrogen) atoms. The molecule has 2 radical (unpaired) electrons. The maximum absolute atomic E-state index is 12.3. The fourth-order valence-corrected chi connectivity index (χ4v) is 2.96. The summed E-state index contributed by atoms with van der Waals surface area (Å²) in [6.07, 6.45) is 1.74. The van der Waals surface area contributed by atoms with Gasteiger partial charge in [0.25, 0.3) is 0 Å². The molecular weight excluding hydrogens is 210 g/mol. The Balaban J connectivity index is 3.58. The fourth-order valence-electron chi connectivity index (χ4n) is 1.21. The normalized spacial score (nSPS) is 16.3. The first-order valence-electron chi connectivity index (χ1n) is 5.62. The molecule has 0 fully saturated rings. The first kappa shape index (κ1) is 15.1. The van der Waals surface area contributed by atoms with E-state index in [9.17, 15) is 8.60 Å². The van der Waals surface area contributed by atoms with Crippen LogP contribution in [-0.4, -0.2) is 29.6 Å². The summed E-state index contributed by atoms with van der Waals surface area (Å²) in [4.78, 5) is 0. The Morgan fingerprint density at radius 2 is 2.00 bits per heavy atom. The summed E-state index contributed by atoms with van der Waals surface area (Å²) < 4.78 is 23.9. The predicted molar refractivity (Wildman–Crippen MR) is 66.4 cm³/mol. The van der Waals surface area contributed by atoms with Gasteiger partial charge in [-0.3, -0.25) is 8.60 Å². The van der Waals surface area contributed by atoms with E-state index in [0.717, 1.165) is 25.0 Å². The van der Waals surface area contributed by atoms with Crippen molar-refractivity contribution in [3.8, 4) is 0 Å². The minimum absolute atomic E-state index is 0.154. The van der Waals surface area contributed by atoms with Crippen molar-refractivity contribution in [2.75, 3.05) is 11.5 Å². The Labute approximate surface area is 97.1 Å². The van der Waals surface area contributed by atoms with E-state index in [1.807, 2.05) is 0 Å². The Hall–Kier alpha value is 0.145. The van der Waals surface area contributed by atoms with Crippen LogP contribution in [0.1, 0.15) is 46.5 Å². The van der Waals surface area contributed by atoms with Crippen molar-refractivity contribution in [1.82, 2.24) is 0 Å². The molecule has 0 spiro atoms. The number of hydrogen-bond acceptors (Lipinski definition) is 1. The summed E-state index contributed by atoms with van der Waals surface area (Å²) >= 11 is 0. The lowest BCUT2D eigenvalue weighted by Crippen LogP contribution is -2.21. The lowest BCUT2D eigenvalue weighted by atomic mass is 9.93. The van der Waals surface area contributed by atoms with Crippen LogP contribution >= 0.6 is 0 Å². The summed E-state index contributed by atoms with van der Waals surface area (Å²) in [7, 11) is 4.22. The highest BCUT2D eigenvalue weighted by Crippen LogP contribution is 2.21. The molecule has 0 rings (SSSR count). The molecular formula is C11H22BFOS. The second kappa shape index (κ2) is 7.42. The van der Waals surface area contributed by atoms with Crippen molar-refractivity contribution in [3.05, 3.63) is 0 Å². The first-order valence-corrected chi connectivity index (χ1v) is 7.11. The van der Waals surface area contributed by atoms with Crippen LogP contribution in [0.15, 0.2) is 0 Å². The third-order valence-corrected chi connectivity index (χ3v) is 4.46. The van der Waals surface area contributed by atoms with Gasteiger partial charge in [0.2, 0.25) is 0 Å².